The van der Waals surface area contributed by atoms with Gasteiger partial charge in [-0.3, -0.25) is 0 Å². The topological polar surface area (TPSA) is 34.2 Å². The Morgan fingerprint density at radius 1 is 0.889 bits per heavy atom. The smallest absolute Gasteiger partial charge is 0.119 e. The lowest BCUT2D eigenvalue weighted by molar-refractivity contribution is 0.415. The summed E-state index contributed by atoms with van der Waals surface area (Å²) < 4.78 is 5.34. The molecule has 0 saturated carbocycles. The molecule has 0 fully saturated rings. The molecule has 0 aliphatic heterocycles. The SMILES string of the molecule is CC.CCCC.CCCNc1c2ccc(Cl)cc2nc2ccc(OC)cc12. The first-order valence-electron chi connectivity index (χ1n) is 9.95. The van der Waals surface area contributed by atoms with Crippen LogP contribution in [-0.2, 0) is 0 Å². The van der Waals surface area contributed by atoms with Crippen molar-refractivity contribution in [1.29, 1.82) is 0 Å². The third kappa shape index (κ3) is 6.28. The number of methoxy groups -OCH3 is 1. The van der Waals surface area contributed by atoms with E-state index in [-0.39, 0.29) is 0 Å². The van der Waals surface area contributed by atoms with Crippen LogP contribution in [0, 0.1) is 0 Å². The highest BCUT2D eigenvalue weighted by molar-refractivity contribution is 6.31. The minimum absolute atomic E-state index is 0.698. The minimum Gasteiger partial charge on any atom is -0.497 e. The summed E-state index contributed by atoms with van der Waals surface area (Å²) in [6.07, 6.45) is 3.70. The zero-order valence-corrected chi connectivity index (χ0v) is 18.3. The molecule has 2 aromatic carbocycles. The molecule has 0 spiro atoms. The number of ether oxygens (including phenoxy) is 1. The maximum Gasteiger partial charge on any atom is 0.119 e. The van der Waals surface area contributed by atoms with Gasteiger partial charge in [-0.1, -0.05) is 59.1 Å². The Bertz CT molecular complexity index is 831. The van der Waals surface area contributed by atoms with Gasteiger partial charge >= 0.3 is 0 Å². The van der Waals surface area contributed by atoms with Crippen LogP contribution in [0.2, 0.25) is 5.02 Å². The van der Waals surface area contributed by atoms with E-state index < -0.39 is 0 Å². The third-order valence-electron chi connectivity index (χ3n) is 3.99. The Balaban J connectivity index is 0.000000541. The largest absolute Gasteiger partial charge is 0.497 e. The number of benzene rings is 2. The Morgan fingerprint density at radius 2 is 1.59 bits per heavy atom. The molecular weight excluding hydrogens is 356 g/mol. The molecule has 27 heavy (non-hydrogen) atoms. The van der Waals surface area contributed by atoms with Gasteiger partial charge in [-0.25, -0.2) is 4.98 Å². The minimum atomic E-state index is 0.698. The first-order valence-corrected chi connectivity index (χ1v) is 10.3. The quantitative estimate of drug-likeness (QED) is 0.454. The van der Waals surface area contributed by atoms with E-state index in [1.807, 2.05) is 50.2 Å². The summed E-state index contributed by atoms with van der Waals surface area (Å²) in [5.41, 5.74) is 2.93. The van der Waals surface area contributed by atoms with Crippen LogP contribution in [0.1, 0.15) is 53.9 Å². The second-order valence-electron chi connectivity index (χ2n) is 5.96. The molecule has 1 aromatic heterocycles. The molecule has 0 atom stereocenters. The molecule has 0 amide bonds. The van der Waals surface area contributed by atoms with Crippen LogP contribution in [0.3, 0.4) is 0 Å². The van der Waals surface area contributed by atoms with Gasteiger partial charge in [0.05, 0.1) is 23.8 Å². The fourth-order valence-corrected chi connectivity index (χ4v) is 2.63. The summed E-state index contributed by atoms with van der Waals surface area (Å²) in [4.78, 5) is 4.70. The molecule has 4 heteroatoms. The number of pyridine rings is 1. The van der Waals surface area contributed by atoms with Crippen molar-refractivity contribution in [3.63, 3.8) is 0 Å². The summed E-state index contributed by atoms with van der Waals surface area (Å²) in [7, 11) is 1.68. The van der Waals surface area contributed by atoms with Crippen LogP contribution >= 0.6 is 11.6 Å². The van der Waals surface area contributed by atoms with Gasteiger partial charge in [-0.15, -0.1) is 0 Å². The van der Waals surface area contributed by atoms with E-state index in [1.165, 1.54) is 12.8 Å². The summed E-state index contributed by atoms with van der Waals surface area (Å²) in [6.45, 7) is 11.4. The molecule has 0 bridgehead atoms. The van der Waals surface area contributed by atoms with Crippen molar-refractivity contribution in [2.45, 2.75) is 53.9 Å². The predicted molar refractivity (Wildman–Crippen MR) is 122 cm³/mol. The van der Waals surface area contributed by atoms with E-state index >= 15 is 0 Å². The van der Waals surface area contributed by atoms with Gasteiger partial charge in [0.2, 0.25) is 0 Å². The van der Waals surface area contributed by atoms with Crippen LogP contribution in [0.4, 0.5) is 5.69 Å². The molecule has 148 valence electrons. The Kier molecular flexibility index (Phi) is 10.6. The normalized spacial score (nSPS) is 9.89. The van der Waals surface area contributed by atoms with Crippen molar-refractivity contribution in [3.8, 4) is 5.75 Å². The molecule has 0 aliphatic carbocycles. The lowest BCUT2D eigenvalue weighted by Gasteiger charge is -2.13. The fourth-order valence-electron chi connectivity index (χ4n) is 2.46. The van der Waals surface area contributed by atoms with E-state index in [0.717, 1.165) is 46.2 Å². The zero-order chi connectivity index (χ0) is 20.2. The lowest BCUT2D eigenvalue weighted by atomic mass is 10.1. The monoisotopic (exact) mass is 388 g/mol. The van der Waals surface area contributed by atoms with E-state index in [9.17, 15) is 0 Å². The second kappa shape index (κ2) is 12.4. The summed E-state index contributed by atoms with van der Waals surface area (Å²) in [6, 6.07) is 11.7. The predicted octanol–water partition coefficient (Wildman–Crippen LogP) is 7.70. The van der Waals surface area contributed by atoms with Crippen molar-refractivity contribution in [3.05, 3.63) is 41.4 Å². The van der Waals surface area contributed by atoms with E-state index in [0.29, 0.717) is 5.02 Å². The van der Waals surface area contributed by atoms with Gasteiger partial charge in [0, 0.05) is 22.3 Å². The second-order valence-corrected chi connectivity index (χ2v) is 6.39. The third-order valence-corrected chi connectivity index (χ3v) is 4.23. The number of nitrogens with one attached hydrogen (secondary N) is 1. The lowest BCUT2D eigenvalue weighted by Crippen LogP contribution is -2.02. The van der Waals surface area contributed by atoms with E-state index in [1.54, 1.807) is 7.11 Å². The van der Waals surface area contributed by atoms with Gasteiger partial charge in [0.1, 0.15) is 5.75 Å². The molecule has 3 rings (SSSR count). The van der Waals surface area contributed by atoms with Crippen molar-refractivity contribution >= 4 is 39.1 Å². The Hall–Kier alpha value is -2.00. The van der Waals surface area contributed by atoms with Gasteiger partial charge in [0.25, 0.3) is 0 Å². The number of unbranched alkanes of at least 4 members (excludes halogenated alkanes) is 1. The fraction of sp³-hybridized carbons (Fsp3) is 0.435. The summed E-state index contributed by atoms with van der Waals surface area (Å²) in [5.74, 6) is 0.831. The number of anilines is 1. The van der Waals surface area contributed by atoms with E-state index in [4.69, 9.17) is 21.3 Å². The van der Waals surface area contributed by atoms with Crippen LogP contribution in [0.5, 0.6) is 5.75 Å². The molecule has 0 saturated heterocycles. The van der Waals surface area contributed by atoms with Gasteiger partial charge in [-0.2, -0.15) is 0 Å². The first-order chi connectivity index (χ1) is 13.1. The van der Waals surface area contributed by atoms with Crippen LogP contribution in [0.25, 0.3) is 21.8 Å². The number of hydrogen-bond donors (Lipinski definition) is 1. The number of fused-ring (bicyclic) bond motifs is 2. The van der Waals surface area contributed by atoms with Crippen molar-refractivity contribution in [1.82, 2.24) is 4.98 Å². The molecule has 3 nitrogen and oxygen atoms in total. The standard InChI is InChI=1S/C17H17ClN2O.C4H10.C2H6/c1-3-8-19-17-13-6-4-11(18)9-16(13)20-15-7-5-12(21-2)10-14(15)17;1-3-4-2;1-2/h4-7,9-10H,3,8H2,1-2H3,(H,19,20);3-4H2,1-2H3;1-2H3. The van der Waals surface area contributed by atoms with Crippen LogP contribution in [0.15, 0.2) is 36.4 Å². The molecule has 0 aliphatic rings. The Labute approximate surface area is 169 Å². The molecule has 3 aromatic rings. The zero-order valence-electron chi connectivity index (χ0n) is 17.5. The van der Waals surface area contributed by atoms with Gasteiger partial charge in [0.15, 0.2) is 0 Å². The maximum atomic E-state index is 6.09. The molecular formula is C23H33ClN2O. The summed E-state index contributed by atoms with van der Waals surface area (Å²) in [5, 5.41) is 6.36. The molecule has 0 radical (unpaired) electrons. The van der Waals surface area contributed by atoms with E-state index in [2.05, 4.69) is 26.1 Å². The number of halogens is 1. The number of aromatic nitrogens is 1. The molecule has 1 heterocycles. The van der Waals surface area contributed by atoms with Crippen molar-refractivity contribution in [2.75, 3.05) is 19.0 Å². The van der Waals surface area contributed by atoms with Crippen molar-refractivity contribution in [2.24, 2.45) is 0 Å². The van der Waals surface area contributed by atoms with Gasteiger partial charge < -0.3 is 10.1 Å². The average Bonchev–Trinajstić information content (AvgIpc) is 2.72. The first kappa shape index (κ1) is 23.0. The summed E-state index contributed by atoms with van der Waals surface area (Å²) >= 11 is 6.09. The average molecular weight is 389 g/mol. The highest BCUT2D eigenvalue weighted by Crippen LogP contribution is 2.34. The number of nitrogens with zero attached hydrogens (tertiary/aromatic N) is 1. The highest BCUT2D eigenvalue weighted by Gasteiger charge is 2.10. The maximum absolute atomic E-state index is 6.09. The molecule has 1 N–H and O–H groups in total. The highest BCUT2D eigenvalue weighted by atomic mass is 35.5. The molecule has 0 unspecified atom stereocenters. The number of rotatable bonds is 5. The number of hydrogen-bond acceptors (Lipinski definition) is 3. The van der Waals surface area contributed by atoms with Crippen LogP contribution in [-0.4, -0.2) is 18.6 Å². The van der Waals surface area contributed by atoms with Crippen molar-refractivity contribution < 1.29 is 4.74 Å². The Morgan fingerprint density at radius 3 is 2.19 bits per heavy atom. The van der Waals surface area contributed by atoms with Gasteiger partial charge in [-0.05, 0) is 42.8 Å². The van der Waals surface area contributed by atoms with Crippen LogP contribution < -0.4 is 10.1 Å².